The largest absolute Gasteiger partial charge is 0.462 e. The summed E-state index contributed by atoms with van der Waals surface area (Å²) >= 11 is 0. The van der Waals surface area contributed by atoms with Crippen LogP contribution in [-0.4, -0.2) is 12.6 Å². The summed E-state index contributed by atoms with van der Waals surface area (Å²) in [7, 11) is 0. The molecule has 2 aromatic carbocycles. The van der Waals surface area contributed by atoms with Gasteiger partial charge in [0.1, 0.15) is 0 Å². The first-order valence-electron chi connectivity index (χ1n) is 5.69. The molecule has 2 heteroatoms. The van der Waals surface area contributed by atoms with Crippen LogP contribution in [0.1, 0.15) is 12.0 Å². The van der Waals surface area contributed by atoms with Crippen molar-refractivity contribution in [3.63, 3.8) is 0 Å². The molecule has 0 aromatic heterocycles. The van der Waals surface area contributed by atoms with Gasteiger partial charge in [-0.2, -0.15) is 0 Å². The highest BCUT2D eigenvalue weighted by Gasteiger charge is 2.18. The summed E-state index contributed by atoms with van der Waals surface area (Å²) in [5.41, 5.74) is 1.82. The van der Waals surface area contributed by atoms with Crippen LogP contribution in [0.15, 0.2) is 48.0 Å². The topological polar surface area (TPSA) is 26.3 Å². The van der Waals surface area contributed by atoms with E-state index in [9.17, 15) is 4.79 Å². The van der Waals surface area contributed by atoms with E-state index in [0.29, 0.717) is 13.0 Å². The first kappa shape index (κ1) is 10.1. The number of ether oxygens (including phenoxy) is 1. The maximum atomic E-state index is 11.4. The van der Waals surface area contributed by atoms with E-state index in [1.54, 1.807) is 0 Å². The van der Waals surface area contributed by atoms with Crippen molar-refractivity contribution in [2.75, 3.05) is 6.61 Å². The summed E-state index contributed by atoms with van der Waals surface area (Å²) in [6, 6.07) is 14.4. The second kappa shape index (κ2) is 4.06. The first-order chi connectivity index (χ1) is 8.33. The third-order valence-corrected chi connectivity index (χ3v) is 2.98. The van der Waals surface area contributed by atoms with Crippen LogP contribution >= 0.6 is 0 Å². The van der Waals surface area contributed by atoms with Crippen molar-refractivity contribution in [2.45, 2.75) is 6.42 Å². The minimum absolute atomic E-state index is 0.182. The van der Waals surface area contributed by atoms with Crippen LogP contribution in [0.5, 0.6) is 0 Å². The van der Waals surface area contributed by atoms with E-state index in [0.717, 1.165) is 11.1 Å². The lowest BCUT2D eigenvalue weighted by molar-refractivity contribution is -0.134. The van der Waals surface area contributed by atoms with Crippen LogP contribution in [0.4, 0.5) is 0 Å². The third kappa shape index (κ3) is 1.94. The molecule has 0 N–H and O–H groups in total. The van der Waals surface area contributed by atoms with Gasteiger partial charge in [0.25, 0.3) is 0 Å². The number of cyclic esters (lactones) is 1. The van der Waals surface area contributed by atoms with Gasteiger partial charge in [-0.05, 0) is 28.5 Å². The Morgan fingerprint density at radius 2 is 1.88 bits per heavy atom. The Morgan fingerprint density at radius 1 is 1.06 bits per heavy atom. The molecule has 3 rings (SSSR count). The maximum Gasteiger partial charge on any atom is 0.334 e. The summed E-state index contributed by atoms with van der Waals surface area (Å²) in [4.78, 5) is 11.4. The highest BCUT2D eigenvalue weighted by atomic mass is 16.5. The van der Waals surface area contributed by atoms with Crippen molar-refractivity contribution in [2.24, 2.45) is 0 Å². The number of carbonyl (C=O) groups excluding carboxylic acids is 1. The number of esters is 1. The smallest absolute Gasteiger partial charge is 0.334 e. The molecule has 0 unspecified atom stereocenters. The fraction of sp³-hybridized carbons (Fsp3) is 0.133. The van der Waals surface area contributed by atoms with Crippen molar-refractivity contribution in [1.82, 2.24) is 0 Å². The molecule has 0 amide bonds. The monoisotopic (exact) mass is 224 g/mol. The van der Waals surface area contributed by atoms with E-state index in [-0.39, 0.29) is 5.97 Å². The lowest BCUT2D eigenvalue weighted by Crippen LogP contribution is -1.94. The van der Waals surface area contributed by atoms with Crippen molar-refractivity contribution in [3.8, 4) is 0 Å². The Labute approximate surface area is 99.5 Å². The van der Waals surface area contributed by atoms with Gasteiger partial charge in [0.05, 0.1) is 6.61 Å². The van der Waals surface area contributed by atoms with E-state index >= 15 is 0 Å². The third-order valence-electron chi connectivity index (χ3n) is 2.98. The van der Waals surface area contributed by atoms with Gasteiger partial charge in [-0.15, -0.1) is 0 Å². The Hall–Kier alpha value is -2.09. The van der Waals surface area contributed by atoms with Crippen molar-refractivity contribution in [1.29, 1.82) is 0 Å². The zero-order valence-electron chi connectivity index (χ0n) is 9.35. The van der Waals surface area contributed by atoms with Crippen LogP contribution < -0.4 is 0 Å². The van der Waals surface area contributed by atoms with E-state index in [2.05, 4.69) is 24.3 Å². The van der Waals surface area contributed by atoms with Gasteiger partial charge in [0, 0.05) is 12.0 Å². The molecule has 84 valence electrons. The zero-order chi connectivity index (χ0) is 11.7. The highest BCUT2D eigenvalue weighted by molar-refractivity contribution is 5.96. The molecule has 0 atom stereocenters. The van der Waals surface area contributed by atoms with Gasteiger partial charge in [0.2, 0.25) is 0 Å². The molecule has 1 fully saturated rings. The molecular weight excluding hydrogens is 212 g/mol. The zero-order valence-corrected chi connectivity index (χ0v) is 9.35. The highest BCUT2D eigenvalue weighted by Crippen LogP contribution is 2.20. The summed E-state index contributed by atoms with van der Waals surface area (Å²) in [5.74, 6) is -0.182. The molecule has 1 heterocycles. The maximum absolute atomic E-state index is 11.4. The van der Waals surface area contributed by atoms with Crippen LogP contribution in [0, 0.1) is 0 Å². The molecule has 0 aliphatic carbocycles. The predicted octanol–water partition coefficient (Wildman–Crippen LogP) is 3.17. The SMILES string of the molecule is O=C1OCC/C1=C\c1ccc2ccccc2c1. The lowest BCUT2D eigenvalue weighted by atomic mass is 10.0. The second-order valence-electron chi connectivity index (χ2n) is 4.16. The molecule has 0 saturated carbocycles. The van der Waals surface area contributed by atoms with E-state index < -0.39 is 0 Å². The molecule has 17 heavy (non-hydrogen) atoms. The van der Waals surface area contributed by atoms with Gasteiger partial charge >= 0.3 is 5.97 Å². The average molecular weight is 224 g/mol. The molecule has 0 radical (unpaired) electrons. The number of rotatable bonds is 1. The Bertz CT molecular complexity index is 611. The Balaban J connectivity index is 2.04. The van der Waals surface area contributed by atoms with Crippen molar-refractivity contribution < 1.29 is 9.53 Å². The average Bonchev–Trinajstić information content (AvgIpc) is 2.75. The minimum atomic E-state index is -0.182. The van der Waals surface area contributed by atoms with E-state index in [4.69, 9.17) is 4.74 Å². The second-order valence-corrected chi connectivity index (χ2v) is 4.16. The van der Waals surface area contributed by atoms with Gasteiger partial charge in [-0.1, -0.05) is 36.4 Å². The molecule has 1 aliphatic rings. The number of fused-ring (bicyclic) bond motifs is 1. The van der Waals surface area contributed by atoms with Gasteiger partial charge in [-0.25, -0.2) is 4.79 Å². The summed E-state index contributed by atoms with van der Waals surface area (Å²) < 4.78 is 4.92. The van der Waals surface area contributed by atoms with Crippen LogP contribution in [0.25, 0.3) is 16.8 Å². The molecule has 1 saturated heterocycles. The fourth-order valence-corrected chi connectivity index (χ4v) is 2.08. The molecule has 1 aliphatic heterocycles. The number of benzene rings is 2. The van der Waals surface area contributed by atoms with Crippen LogP contribution in [-0.2, 0) is 9.53 Å². The minimum Gasteiger partial charge on any atom is -0.462 e. The Kier molecular flexibility index (Phi) is 2.41. The number of carbonyl (C=O) groups is 1. The first-order valence-corrected chi connectivity index (χ1v) is 5.69. The van der Waals surface area contributed by atoms with Gasteiger partial charge in [-0.3, -0.25) is 0 Å². The van der Waals surface area contributed by atoms with E-state index in [1.807, 2.05) is 24.3 Å². The molecule has 0 spiro atoms. The quantitative estimate of drug-likeness (QED) is 0.549. The molecule has 0 bridgehead atoms. The fourth-order valence-electron chi connectivity index (χ4n) is 2.08. The standard InChI is InChI=1S/C15H12O2/c16-15-14(7-8-17-15)10-11-5-6-12-3-1-2-4-13(12)9-11/h1-6,9-10H,7-8H2/b14-10+. The van der Waals surface area contributed by atoms with E-state index in [1.165, 1.54) is 10.8 Å². The lowest BCUT2D eigenvalue weighted by Gasteiger charge is -2.00. The Morgan fingerprint density at radius 3 is 2.65 bits per heavy atom. The molecule has 2 aromatic rings. The summed E-state index contributed by atoms with van der Waals surface area (Å²) in [6.07, 6.45) is 2.63. The molecule has 2 nitrogen and oxygen atoms in total. The van der Waals surface area contributed by atoms with Gasteiger partial charge in [0.15, 0.2) is 0 Å². The van der Waals surface area contributed by atoms with Crippen molar-refractivity contribution >= 4 is 22.8 Å². The molecular formula is C15H12O2. The summed E-state index contributed by atoms with van der Waals surface area (Å²) in [6.45, 7) is 0.512. The number of hydrogen-bond donors (Lipinski definition) is 0. The predicted molar refractivity (Wildman–Crippen MR) is 67.5 cm³/mol. The number of hydrogen-bond acceptors (Lipinski definition) is 2. The summed E-state index contributed by atoms with van der Waals surface area (Å²) in [5, 5.41) is 2.40. The van der Waals surface area contributed by atoms with Crippen LogP contribution in [0.3, 0.4) is 0 Å². The van der Waals surface area contributed by atoms with Gasteiger partial charge < -0.3 is 4.74 Å². The van der Waals surface area contributed by atoms with Crippen LogP contribution in [0.2, 0.25) is 0 Å². The normalized spacial score (nSPS) is 17.6. The van der Waals surface area contributed by atoms with Crippen molar-refractivity contribution in [3.05, 3.63) is 53.6 Å².